The van der Waals surface area contributed by atoms with E-state index in [4.69, 9.17) is 11.6 Å². The van der Waals surface area contributed by atoms with Crippen LogP contribution < -0.4 is 5.32 Å². The summed E-state index contributed by atoms with van der Waals surface area (Å²) in [4.78, 5) is 12.0. The molecule has 0 aliphatic heterocycles. The maximum absolute atomic E-state index is 12.0. The molecule has 1 aromatic heterocycles. The highest BCUT2D eigenvalue weighted by molar-refractivity contribution is 6.31. The molecule has 0 radical (unpaired) electrons. The molecule has 2 aromatic carbocycles. The van der Waals surface area contributed by atoms with Crippen molar-refractivity contribution in [3.8, 4) is 0 Å². The number of halogens is 1. The van der Waals surface area contributed by atoms with E-state index in [9.17, 15) is 4.79 Å². The standard InChI is InChI=1S/C16H14ClN3O/c17-14-4-2-1-3-11(14)6-8-16(21)19-13-7-5-12-10-18-20-15(12)9-13/h1-5,7,9-10H,6,8H2,(H,18,20)(H,19,21). The van der Waals surface area contributed by atoms with Gasteiger partial charge in [0.25, 0.3) is 0 Å². The Bertz CT molecular complexity index is 782. The zero-order chi connectivity index (χ0) is 14.7. The number of hydrogen-bond acceptors (Lipinski definition) is 2. The minimum atomic E-state index is -0.0335. The lowest BCUT2D eigenvalue weighted by Gasteiger charge is -2.06. The van der Waals surface area contributed by atoms with Crippen molar-refractivity contribution in [3.05, 3.63) is 59.2 Å². The van der Waals surface area contributed by atoms with E-state index in [1.165, 1.54) is 0 Å². The van der Waals surface area contributed by atoms with Gasteiger partial charge in [0.2, 0.25) is 5.91 Å². The van der Waals surface area contributed by atoms with Crippen molar-refractivity contribution in [2.75, 3.05) is 5.32 Å². The molecule has 0 saturated heterocycles. The number of aromatic nitrogens is 2. The Balaban J connectivity index is 1.62. The minimum absolute atomic E-state index is 0.0335. The first-order valence-electron chi connectivity index (χ1n) is 6.69. The van der Waals surface area contributed by atoms with Crippen molar-refractivity contribution >= 4 is 34.1 Å². The largest absolute Gasteiger partial charge is 0.326 e. The number of nitrogens with zero attached hydrogens (tertiary/aromatic N) is 1. The van der Waals surface area contributed by atoms with Gasteiger partial charge in [0.05, 0.1) is 11.7 Å². The molecule has 1 amide bonds. The molecule has 0 spiro atoms. The van der Waals surface area contributed by atoms with E-state index < -0.39 is 0 Å². The molecule has 0 aliphatic carbocycles. The predicted molar refractivity (Wildman–Crippen MR) is 84.5 cm³/mol. The van der Waals surface area contributed by atoms with E-state index in [-0.39, 0.29) is 5.91 Å². The van der Waals surface area contributed by atoms with Crippen LogP contribution in [0.15, 0.2) is 48.7 Å². The molecule has 0 unspecified atom stereocenters. The van der Waals surface area contributed by atoms with Crippen molar-refractivity contribution in [3.63, 3.8) is 0 Å². The summed E-state index contributed by atoms with van der Waals surface area (Å²) in [6.07, 6.45) is 2.76. The summed E-state index contributed by atoms with van der Waals surface area (Å²) in [6, 6.07) is 13.2. The van der Waals surface area contributed by atoms with E-state index >= 15 is 0 Å². The fraction of sp³-hybridized carbons (Fsp3) is 0.125. The number of anilines is 1. The summed E-state index contributed by atoms with van der Waals surface area (Å²) in [5.74, 6) is -0.0335. The van der Waals surface area contributed by atoms with Gasteiger partial charge in [-0.25, -0.2) is 0 Å². The average molecular weight is 300 g/mol. The molecule has 21 heavy (non-hydrogen) atoms. The van der Waals surface area contributed by atoms with Crippen LogP contribution in [0, 0.1) is 0 Å². The van der Waals surface area contributed by atoms with Gasteiger partial charge in [-0.1, -0.05) is 29.8 Å². The van der Waals surface area contributed by atoms with Crippen LogP contribution in [0.5, 0.6) is 0 Å². The Labute approximate surface area is 127 Å². The molecule has 3 aromatic rings. The van der Waals surface area contributed by atoms with Crippen molar-refractivity contribution in [1.82, 2.24) is 10.2 Å². The quantitative estimate of drug-likeness (QED) is 0.770. The van der Waals surface area contributed by atoms with Gasteiger partial charge in [-0.2, -0.15) is 5.10 Å². The molecular formula is C16H14ClN3O. The number of aryl methyl sites for hydroxylation is 1. The van der Waals surface area contributed by atoms with Crippen LogP contribution in [0.1, 0.15) is 12.0 Å². The van der Waals surface area contributed by atoms with Crippen LogP contribution in [0.25, 0.3) is 10.9 Å². The van der Waals surface area contributed by atoms with Crippen LogP contribution in [0.3, 0.4) is 0 Å². The second kappa shape index (κ2) is 5.97. The van der Waals surface area contributed by atoms with Gasteiger partial charge >= 0.3 is 0 Å². The number of H-pyrrole nitrogens is 1. The summed E-state index contributed by atoms with van der Waals surface area (Å²) in [5.41, 5.74) is 2.65. The summed E-state index contributed by atoms with van der Waals surface area (Å²) in [5, 5.41) is 11.4. The van der Waals surface area contributed by atoms with Gasteiger partial charge in [-0.3, -0.25) is 9.89 Å². The number of hydrogen-bond donors (Lipinski definition) is 2. The highest BCUT2D eigenvalue weighted by atomic mass is 35.5. The third-order valence-corrected chi connectivity index (χ3v) is 3.67. The van der Waals surface area contributed by atoms with Crippen LogP contribution in [0.2, 0.25) is 5.02 Å². The number of carbonyl (C=O) groups excluding carboxylic acids is 1. The van der Waals surface area contributed by atoms with Crippen LogP contribution in [-0.2, 0) is 11.2 Å². The predicted octanol–water partition coefficient (Wildman–Crippen LogP) is 3.79. The van der Waals surface area contributed by atoms with Gasteiger partial charge in [0.1, 0.15) is 0 Å². The number of nitrogens with one attached hydrogen (secondary N) is 2. The monoisotopic (exact) mass is 299 g/mol. The topological polar surface area (TPSA) is 57.8 Å². The Hall–Kier alpha value is -2.33. The molecule has 0 atom stereocenters. The van der Waals surface area contributed by atoms with Crippen LogP contribution in [0.4, 0.5) is 5.69 Å². The van der Waals surface area contributed by atoms with E-state index in [1.807, 2.05) is 42.5 Å². The highest BCUT2D eigenvalue weighted by Crippen LogP contribution is 2.18. The summed E-state index contributed by atoms with van der Waals surface area (Å²) in [6.45, 7) is 0. The smallest absolute Gasteiger partial charge is 0.224 e. The van der Waals surface area contributed by atoms with E-state index in [2.05, 4.69) is 15.5 Å². The molecule has 0 saturated carbocycles. The number of aromatic amines is 1. The third kappa shape index (κ3) is 3.23. The molecule has 5 heteroatoms. The van der Waals surface area contributed by atoms with Gasteiger partial charge in [0.15, 0.2) is 0 Å². The molecule has 1 heterocycles. The fourth-order valence-corrected chi connectivity index (χ4v) is 2.42. The Morgan fingerprint density at radius 3 is 2.95 bits per heavy atom. The van der Waals surface area contributed by atoms with Gasteiger partial charge in [-0.05, 0) is 36.2 Å². The number of fused-ring (bicyclic) bond motifs is 1. The molecule has 4 nitrogen and oxygen atoms in total. The van der Waals surface area contributed by atoms with Crippen molar-refractivity contribution in [2.24, 2.45) is 0 Å². The highest BCUT2D eigenvalue weighted by Gasteiger charge is 2.06. The number of carbonyl (C=O) groups is 1. The number of rotatable bonds is 4. The van der Waals surface area contributed by atoms with E-state index in [0.29, 0.717) is 17.9 Å². The van der Waals surface area contributed by atoms with E-state index in [1.54, 1.807) is 6.20 Å². The lowest BCUT2D eigenvalue weighted by atomic mass is 10.1. The first kappa shape index (κ1) is 13.6. The fourth-order valence-electron chi connectivity index (χ4n) is 2.19. The van der Waals surface area contributed by atoms with Gasteiger partial charge in [-0.15, -0.1) is 0 Å². The second-order valence-corrected chi connectivity index (χ2v) is 5.22. The zero-order valence-electron chi connectivity index (χ0n) is 11.3. The lowest BCUT2D eigenvalue weighted by Crippen LogP contribution is -2.12. The SMILES string of the molecule is O=C(CCc1ccccc1Cl)Nc1ccc2cn[nH]c2c1. The van der Waals surface area contributed by atoms with E-state index in [0.717, 1.165) is 22.2 Å². The maximum atomic E-state index is 12.0. The minimum Gasteiger partial charge on any atom is -0.326 e. The van der Waals surface area contributed by atoms with Crippen LogP contribution in [-0.4, -0.2) is 16.1 Å². The maximum Gasteiger partial charge on any atom is 0.224 e. The molecular weight excluding hydrogens is 286 g/mol. The van der Waals surface area contributed by atoms with Gasteiger partial charge in [0, 0.05) is 22.5 Å². The lowest BCUT2D eigenvalue weighted by molar-refractivity contribution is -0.116. The molecule has 3 rings (SSSR count). The number of benzene rings is 2. The van der Waals surface area contributed by atoms with Crippen molar-refractivity contribution in [2.45, 2.75) is 12.8 Å². The zero-order valence-corrected chi connectivity index (χ0v) is 12.0. The molecule has 2 N–H and O–H groups in total. The molecule has 0 aliphatic rings. The Kier molecular flexibility index (Phi) is 3.88. The average Bonchev–Trinajstić information content (AvgIpc) is 2.94. The first-order valence-corrected chi connectivity index (χ1v) is 7.06. The molecule has 106 valence electrons. The summed E-state index contributed by atoms with van der Waals surface area (Å²) < 4.78 is 0. The Morgan fingerprint density at radius 2 is 2.10 bits per heavy atom. The summed E-state index contributed by atoms with van der Waals surface area (Å²) in [7, 11) is 0. The second-order valence-electron chi connectivity index (χ2n) is 4.81. The molecule has 0 fully saturated rings. The van der Waals surface area contributed by atoms with Crippen molar-refractivity contribution < 1.29 is 4.79 Å². The molecule has 0 bridgehead atoms. The number of amides is 1. The third-order valence-electron chi connectivity index (χ3n) is 3.30. The Morgan fingerprint density at radius 1 is 1.24 bits per heavy atom. The normalized spacial score (nSPS) is 10.7. The van der Waals surface area contributed by atoms with Gasteiger partial charge < -0.3 is 5.32 Å². The van der Waals surface area contributed by atoms with Crippen LogP contribution >= 0.6 is 11.6 Å². The summed E-state index contributed by atoms with van der Waals surface area (Å²) >= 11 is 6.08. The van der Waals surface area contributed by atoms with Crippen molar-refractivity contribution in [1.29, 1.82) is 0 Å². The first-order chi connectivity index (χ1) is 10.2.